The molecule has 0 saturated heterocycles. The Labute approximate surface area is 237 Å². The van der Waals surface area contributed by atoms with Crippen LogP contribution in [0.5, 0.6) is 11.5 Å². The summed E-state index contributed by atoms with van der Waals surface area (Å²) < 4.78 is 38.0. The molecule has 0 aliphatic heterocycles. The quantitative estimate of drug-likeness (QED) is 0.179. The number of nitrogens with one attached hydrogen (secondary N) is 1. The van der Waals surface area contributed by atoms with Gasteiger partial charge in [0.25, 0.3) is 12.9 Å². The SMILES string of the molecule is COc1ccc(C(OCP(=O)(CO)OCCn2cc(C)c(=O)[nH]c2=O)(c2ccccc2)c2ccc(OC)cc2)cc1. The number of nitrogens with zero attached hydrogens (tertiary/aromatic N) is 1. The lowest BCUT2D eigenvalue weighted by Gasteiger charge is -2.37. The molecule has 0 aliphatic carbocycles. The van der Waals surface area contributed by atoms with E-state index < -0.39 is 36.9 Å². The van der Waals surface area contributed by atoms with E-state index in [0.717, 1.165) is 16.7 Å². The third-order valence-electron chi connectivity index (χ3n) is 6.71. The van der Waals surface area contributed by atoms with Crippen LogP contribution in [0.2, 0.25) is 0 Å². The van der Waals surface area contributed by atoms with Crippen LogP contribution in [-0.2, 0) is 26.0 Å². The monoisotopic (exact) mass is 580 g/mol. The van der Waals surface area contributed by atoms with Crippen molar-refractivity contribution in [1.82, 2.24) is 9.55 Å². The van der Waals surface area contributed by atoms with E-state index in [1.54, 1.807) is 21.1 Å². The van der Waals surface area contributed by atoms with Crippen molar-refractivity contribution in [3.63, 3.8) is 0 Å². The van der Waals surface area contributed by atoms with Gasteiger partial charge in [0, 0.05) is 11.8 Å². The Kier molecular flexibility index (Phi) is 9.62. The fourth-order valence-corrected chi connectivity index (χ4v) is 5.52. The maximum atomic E-state index is 13.7. The topological polar surface area (TPSA) is 129 Å². The fourth-order valence-electron chi connectivity index (χ4n) is 4.48. The molecule has 4 rings (SSSR count). The highest BCUT2D eigenvalue weighted by Gasteiger charge is 2.40. The summed E-state index contributed by atoms with van der Waals surface area (Å²) in [5.74, 6) is 1.31. The van der Waals surface area contributed by atoms with Crippen molar-refractivity contribution >= 4 is 7.37 Å². The van der Waals surface area contributed by atoms with Crippen LogP contribution in [0.3, 0.4) is 0 Å². The van der Waals surface area contributed by atoms with Crippen LogP contribution in [0.25, 0.3) is 0 Å². The summed E-state index contributed by atoms with van der Waals surface area (Å²) in [6.45, 7) is 1.43. The van der Waals surface area contributed by atoms with E-state index in [-0.39, 0.29) is 13.2 Å². The molecule has 0 radical (unpaired) electrons. The number of methoxy groups -OCH3 is 2. The summed E-state index contributed by atoms with van der Waals surface area (Å²) in [5.41, 5.74) is 0.238. The Hall–Kier alpha value is -3.95. The third-order valence-corrected chi connectivity index (χ3v) is 8.32. The van der Waals surface area contributed by atoms with Crippen LogP contribution in [0.1, 0.15) is 22.3 Å². The van der Waals surface area contributed by atoms with E-state index in [9.17, 15) is 19.3 Å². The number of aryl methyl sites for hydroxylation is 1. The summed E-state index contributed by atoms with van der Waals surface area (Å²) in [4.78, 5) is 26.0. The average molecular weight is 581 g/mol. The molecule has 216 valence electrons. The van der Waals surface area contributed by atoms with E-state index in [0.29, 0.717) is 17.1 Å². The first-order valence-corrected chi connectivity index (χ1v) is 14.9. The van der Waals surface area contributed by atoms with Gasteiger partial charge in [0.2, 0.25) is 0 Å². The highest BCUT2D eigenvalue weighted by Crippen LogP contribution is 2.50. The minimum atomic E-state index is -3.77. The third kappa shape index (κ3) is 6.69. The molecule has 0 saturated carbocycles. The van der Waals surface area contributed by atoms with Crippen molar-refractivity contribution in [3.8, 4) is 11.5 Å². The second-order valence-electron chi connectivity index (χ2n) is 9.33. The molecule has 0 amide bonds. The lowest BCUT2D eigenvalue weighted by atomic mass is 9.80. The number of H-pyrrole nitrogens is 1. The van der Waals surface area contributed by atoms with Crippen LogP contribution in [-0.4, -0.2) is 48.2 Å². The minimum Gasteiger partial charge on any atom is -0.497 e. The van der Waals surface area contributed by atoms with Gasteiger partial charge in [-0.3, -0.25) is 18.9 Å². The van der Waals surface area contributed by atoms with Crippen molar-refractivity contribution in [2.75, 3.05) is 33.5 Å². The van der Waals surface area contributed by atoms with Crippen molar-refractivity contribution in [2.24, 2.45) is 0 Å². The lowest BCUT2D eigenvalue weighted by Crippen LogP contribution is -2.34. The largest absolute Gasteiger partial charge is 0.497 e. The predicted molar refractivity (Wildman–Crippen MR) is 155 cm³/mol. The van der Waals surface area contributed by atoms with Crippen LogP contribution >= 0.6 is 7.37 Å². The van der Waals surface area contributed by atoms with Crippen LogP contribution in [0, 0.1) is 6.92 Å². The molecule has 0 spiro atoms. The number of aromatic nitrogens is 2. The van der Waals surface area contributed by atoms with Gasteiger partial charge in [0.05, 0.1) is 27.4 Å². The molecule has 0 fully saturated rings. The molecule has 41 heavy (non-hydrogen) atoms. The van der Waals surface area contributed by atoms with Gasteiger partial charge < -0.3 is 23.8 Å². The number of aliphatic hydroxyl groups excluding tert-OH is 1. The zero-order valence-electron chi connectivity index (χ0n) is 23.1. The predicted octanol–water partition coefficient (Wildman–Crippen LogP) is 4.07. The summed E-state index contributed by atoms with van der Waals surface area (Å²) in [6, 6.07) is 24.2. The first-order valence-electron chi connectivity index (χ1n) is 12.9. The molecule has 4 aromatic rings. The van der Waals surface area contributed by atoms with Crippen molar-refractivity contribution in [3.05, 3.63) is 128 Å². The van der Waals surface area contributed by atoms with E-state index in [1.807, 2.05) is 78.9 Å². The van der Waals surface area contributed by atoms with Gasteiger partial charge >= 0.3 is 5.69 Å². The van der Waals surface area contributed by atoms with Crippen LogP contribution < -0.4 is 20.7 Å². The molecule has 0 bridgehead atoms. The Bertz CT molecular complexity index is 1550. The number of ether oxygens (including phenoxy) is 3. The number of hydrogen-bond acceptors (Lipinski definition) is 8. The standard InChI is InChI=1S/C30H33N2O8P/c1-22-19-32(29(35)31-28(22)34)17-18-40-41(36,20-33)21-39-30(23-7-5-4-6-8-23,24-9-13-26(37-2)14-10-24)25-11-15-27(38-3)16-12-25/h4-16,19,33H,17-18,20-21H2,1-3H3,(H,31,34,35). The Morgan fingerprint density at radius 2 is 1.39 bits per heavy atom. The number of hydrogen-bond donors (Lipinski definition) is 2. The maximum Gasteiger partial charge on any atom is 0.328 e. The van der Waals surface area contributed by atoms with E-state index in [1.165, 1.54) is 10.8 Å². The second kappa shape index (κ2) is 13.1. The normalized spacial score (nSPS) is 13.0. The van der Waals surface area contributed by atoms with Crippen LogP contribution in [0.4, 0.5) is 0 Å². The van der Waals surface area contributed by atoms with Gasteiger partial charge in [-0.05, 0) is 47.9 Å². The highest BCUT2D eigenvalue weighted by atomic mass is 31.2. The van der Waals surface area contributed by atoms with Crippen LogP contribution in [0.15, 0.2) is 94.6 Å². The summed E-state index contributed by atoms with van der Waals surface area (Å²) in [6.07, 6.45) is 0.192. The second-order valence-corrected chi connectivity index (χ2v) is 11.8. The molecule has 0 aliphatic rings. The first-order chi connectivity index (χ1) is 19.7. The lowest BCUT2D eigenvalue weighted by molar-refractivity contribution is 0.0351. The molecule has 2 N–H and O–H groups in total. The number of aliphatic hydroxyl groups is 1. The van der Waals surface area contributed by atoms with Gasteiger partial charge in [-0.25, -0.2) is 4.79 Å². The molecule has 1 aromatic heterocycles. The molecule has 1 heterocycles. The number of benzene rings is 3. The Morgan fingerprint density at radius 3 is 1.90 bits per heavy atom. The van der Waals surface area contributed by atoms with Crippen molar-refractivity contribution in [1.29, 1.82) is 0 Å². The molecule has 3 aromatic carbocycles. The Morgan fingerprint density at radius 1 is 0.854 bits per heavy atom. The average Bonchev–Trinajstić information content (AvgIpc) is 3.01. The van der Waals surface area contributed by atoms with Crippen molar-refractivity contribution < 1.29 is 28.4 Å². The summed E-state index contributed by atoms with van der Waals surface area (Å²) >= 11 is 0. The molecule has 1 atom stereocenters. The van der Waals surface area contributed by atoms with Gasteiger partial charge in [-0.2, -0.15) is 0 Å². The number of aromatic amines is 1. The zero-order chi connectivity index (χ0) is 29.5. The maximum absolute atomic E-state index is 13.7. The van der Waals surface area contributed by atoms with E-state index >= 15 is 0 Å². The van der Waals surface area contributed by atoms with E-state index in [4.69, 9.17) is 18.7 Å². The van der Waals surface area contributed by atoms with Crippen molar-refractivity contribution in [2.45, 2.75) is 19.1 Å². The Balaban J connectivity index is 1.70. The first kappa shape index (κ1) is 30.0. The van der Waals surface area contributed by atoms with E-state index in [2.05, 4.69) is 4.98 Å². The summed E-state index contributed by atoms with van der Waals surface area (Å²) in [5, 5.41) is 10.1. The molecule has 11 heteroatoms. The number of rotatable bonds is 13. The smallest absolute Gasteiger partial charge is 0.328 e. The highest BCUT2D eigenvalue weighted by molar-refractivity contribution is 7.58. The van der Waals surface area contributed by atoms with Gasteiger partial charge in [0.1, 0.15) is 29.8 Å². The molecular formula is C30H33N2O8P. The van der Waals surface area contributed by atoms with Gasteiger partial charge in [0.15, 0.2) is 0 Å². The minimum absolute atomic E-state index is 0.0151. The summed E-state index contributed by atoms with van der Waals surface area (Å²) in [7, 11) is -0.605. The molecule has 1 unspecified atom stereocenters. The van der Waals surface area contributed by atoms with Gasteiger partial charge in [-0.1, -0.05) is 54.6 Å². The fraction of sp³-hybridized carbons (Fsp3) is 0.267. The van der Waals surface area contributed by atoms with Gasteiger partial charge in [-0.15, -0.1) is 0 Å². The molecule has 10 nitrogen and oxygen atoms in total. The zero-order valence-corrected chi connectivity index (χ0v) is 24.0. The molecular weight excluding hydrogens is 547 g/mol.